The van der Waals surface area contributed by atoms with Gasteiger partial charge in [-0.3, -0.25) is 34.2 Å². The summed E-state index contributed by atoms with van der Waals surface area (Å²) in [5.41, 5.74) is 1.13. The maximum atomic E-state index is 13.1. The van der Waals surface area contributed by atoms with Crippen molar-refractivity contribution in [2.24, 2.45) is 11.3 Å². The number of anilines is 1. The Balaban J connectivity index is 1.32. The highest BCUT2D eigenvalue weighted by Crippen LogP contribution is 2.59. The molecule has 2 aliphatic carbocycles. The van der Waals surface area contributed by atoms with Gasteiger partial charge in [0, 0.05) is 18.2 Å². The summed E-state index contributed by atoms with van der Waals surface area (Å²) in [5.74, 6) is -3.09. The van der Waals surface area contributed by atoms with E-state index in [2.05, 4.69) is 10.6 Å². The fourth-order valence-electron chi connectivity index (χ4n) is 5.44. The highest BCUT2D eigenvalue weighted by Gasteiger charge is 2.55. The molecule has 4 amide bonds. The summed E-state index contributed by atoms with van der Waals surface area (Å²) in [4.78, 5) is 61.6. The third-order valence-corrected chi connectivity index (χ3v) is 6.89. The molecule has 0 aromatic heterocycles. The van der Waals surface area contributed by atoms with Crippen LogP contribution in [0.25, 0.3) is 0 Å². The minimum atomic E-state index is -0.988. The minimum Gasteiger partial charge on any atom is -0.481 e. The Morgan fingerprint density at radius 1 is 1.10 bits per heavy atom. The van der Waals surface area contributed by atoms with Crippen LogP contribution in [0.1, 0.15) is 59.2 Å². The van der Waals surface area contributed by atoms with E-state index in [9.17, 15) is 24.0 Å². The van der Waals surface area contributed by atoms with Crippen molar-refractivity contribution < 1.29 is 29.1 Å². The molecule has 4 aliphatic rings. The van der Waals surface area contributed by atoms with Gasteiger partial charge in [0.05, 0.1) is 17.0 Å². The quantitative estimate of drug-likeness (QED) is 0.633. The number of rotatable bonds is 4. The highest BCUT2D eigenvalue weighted by atomic mass is 16.4. The van der Waals surface area contributed by atoms with Crippen LogP contribution in [0.15, 0.2) is 18.2 Å². The van der Waals surface area contributed by atoms with Crippen LogP contribution in [0.2, 0.25) is 0 Å². The second kappa shape index (κ2) is 6.38. The van der Waals surface area contributed by atoms with Crippen LogP contribution in [-0.4, -0.2) is 51.7 Å². The lowest BCUT2D eigenvalue weighted by Gasteiger charge is -2.57. The number of piperidine rings is 1. The van der Waals surface area contributed by atoms with E-state index in [1.165, 1.54) is 0 Å². The molecule has 1 atom stereocenters. The summed E-state index contributed by atoms with van der Waals surface area (Å²) < 4.78 is 0. The molecule has 1 spiro atoms. The fourth-order valence-corrected chi connectivity index (χ4v) is 5.44. The lowest BCUT2D eigenvalue weighted by atomic mass is 9.50. The smallest absolute Gasteiger partial charge is 0.306 e. The lowest BCUT2D eigenvalue weighted by molar-refractivity contribution is -0.154. The molecule has 2 aliphatic heterocycles. The molecule has 1 unspecified atom stereocenters. The molecule has 9 heteroatoms. The van der Waals surface area contributed by atoms with E-state index in [-0.39, 0.29) is 41.3 Å². The van der Waals surface area contributed by atoms with Crippen molar-refractivity contribution in [3.63, 3.8) is 0 Å². The summed E-state index contributed by atoms with van der Waals surface area (Å²) in [6.07, 6.45) is 3.24. The standard InChI is InChI=1S/C21H21N3O6/c25-15-5-4-14(17(26)23-15)24-18(27)12-2-1-3-13(16(12)19(24)28)22-11-8-21(9-11)6-10(7-21)20(29)30/h1-3,10-11,14,22H,4-9H2,(H,29,30)(H,23,25,26). The van der Waals surface area contributed by atoms with Gasteiger partial charge in [-0.15, -0.1) is 0 Å². The summed E-state index contributed by atoms with van der Waals surface area (Å²) in [7, 11) is 0. The van der Waals surface area contributed by atoms with Crippen molar-refractivity contribution in [1.29, 1.82) is 0 Å². The summed E-state index contributed by atoms with van der Waals surface area (Å²) in [5, 5.41) is 14.6. The van der Waals surface area contributed by atoms with Crippen molar-refractivity contribution in [3.05, 3.63) is 29.3 Å². The van der Waals surface area contributed by atoms with Gasteiger partial charge in [0.1, 0.15) is 6.04 Å². The van der Waals surface area contributed by atoms with E-state index < -0.39 is 35.6 Å². The molecule has 156 valence electrons. The molecule has 1 saturated heterocycles. The molecule has 0 radical (unpaired) electrons. The number of carbonyl (C=O) groups is 5. The zero-order valence-corrected chi connectivity index (χ0v) is 16.1. The van der Waals surface area contributed by atoms with Gasteiger partial charge in [-0.05, 0) is 49.7 Å². The number of carbonyl (C=O) groups excluding carboxylic acids is 4. The number of aliphatic carboxylic acids is 1. The lowest BCUT2D eigenvalue weighted by Crippen LogP contribution is -2.54. The first-order valence-electron chi connectivity index (χ1n) is 10.1. The van der Waals surface area contributed by atoms with Gasteiger partial charge in [-0.2, -0.15) is 0 Å². The molecule has 0 bridgehead atoms. The van der Waals surface area contributed by atoms with E-state index in [1.54, 1.807) is 18.2 Å². The van der Waals surface area contributed by atoms with Gasteiger partial charge in [0.25, 0.3) is 11.8 Å². The Bertz CT molecular complexity index is 1000. The number of hydrogen-bond donors (Lipinski definition) is 3. The van der Waals surface area contributed by atoms with E-state index >= 15 is 0 Å². The molecule has 2 saturated carbocycles. The second-order valence-electron chi connectivity index (χ2n) is 8.87. The Morgan fingerprint density at radius 2 is 1.83 bits per heavy atom. The van der Waals surface area contributed by atoms with Crippen LogP contribution in [0.4, 0.5) is 5.69 Å². The van der Waals surface area contributed by atoms with E-state index in [0.717, 1.165) is 17.7 Å². The van der Waals surface area contributed by atoms with Crippen LogP contribution >= 0.6 is 0 Å². The number of fused-ring (bicyclic) bond motifs is 1. The van der Waals surface area contributed by atoms with Crippen molar-refractivity contribution in [2.75, 3.05) is 5.32 Å². The number of nitrogens with zero attached hydrogens (tertiary/aromatic N) is 1. The topological polar surface area (TPSA) is 133 Å². The SMILES string of the molecule is O=C1CCC(N2C(=O)c3cccc(NC4CC5(C4)CC(C(=O)O)C5)c3C2=O)C(=O)N1. The van der Waals surface area contributed by atoms with Gasteiger partial charge in [0.15, 0.2) is 0 Å². The van der Waals surface area contributed by atoms with Crippen LogP contribution in [0.3, 0.4) is 0 Å². The van der Waals surface area contributed by atoms with Gasteiger partial charge >= 0.3 is 5.97 Å². The first-order valence-corrected chi connectivity index (χ1v) is 10.1. The number of nitrogens with one attached hydrogen (secondary N) is 2. The molecule has 2 heterocycles. The van der Waals surface area contributed by atoms with Crippen LogP contribution in [0, 0.1) is 11.3 Å². The normalized spacial score (nSPS) is 32.4. The minimum absolute atomic E-state index is 0.0798. The predicted molar refractivity (Wildman–Crippen MR) is 103 cm³/mol. The van der Waals surface area contributed by atoms with Crippen LogP contribution in [0.5, 0.6) is 0 Å². The van der Waals surface area contributed by atoms with Crippen LogP contribution in [-0.2, 0) is 14.4 Å². The Labute approximate surface area is 171 Å². The Morgan fingerprint density at radius 3 is 2.50 bits per heavy atom. The fraction of sp³-hybridized carbons (Fsp3) is 0.476. The van der Waals surface area contributed by atoms with Crippen molar-refractivity contribution in [3.8, 4) is 0 Å². The monoisotopic (exact) mass is 411 g/mol. The molecular weight excluding hydrogens is 390 g/mol. The molecule has 1 aromatic carbocycles. The molecule has 1 aromatic rings. The largest absolute Gasteiger partial charge is 0.481 e. The molecule has 9 nitrogen and oxygen atoms in total. The third kappa shape index (κ3) is 2.72. The molecule has 3 N–H and O–H groups in total. The van der Waals surface area contributed by atoms with Gasteiger partial charge < -0.3 is 10.4 Å². The first-order chi connectivity index (χ1) is 14.3. The number of imide groups is 2. The van der Waals surface area contributed by atoms with E-state index in [1.807, 2.05) is 0 Å². The molecule has 5 rings (SSSR count). The predicted octanol–water partition coefficient (Wildman–Crippen LogP) is 1.14. The summed E-state index contributed by atoms with van der Waals surface area (Å²) in [6, 6.07) is 4.12. The molecular formula is C21H21N3O6. The molecule has 3 fully saturated rings. The number of carboxylic acids is 1. The maximum absolute atomic E-state index is 13.1. The zero-order chi connectivity index (χ0) is 21.2. The van der Waals surface area contributed by atoms with Crippen molar-refractivity contribution >= 4 is 35.3 Å². The highest BCUT2D eigenvalue weighted by molar-refractivity contribution is 6.25. The Hall–Kier alpha value is -3.23. The maximum Gasteiger partial charge on any atom is 0.306 e. The molecule has 30 heavy (non-hydrogen) atoms. The average Bonchev–Trinajstić information content (AvgIpc) is 2.88. The van der Waals surface area contributed by atoms with Gasteiger partial charge in [0.2, 0.25) is 11.8 Å². The van der Waals surface area contributed by atoms with E-state index in [0.29, 0.717) is 18.5 Å². The second-order valence-corrected chi connectivity index (χ2v) is 8.87. The first kappa shape index (κ1) is 18.8. The number of amides is 4. The number of benzene rings is 1. The van der Waals surface area contributed by atoms with E-state index in [4.69, 9.17) is 5.11 Å². The number of hydrogen-bond acceptors (Lipinski definition) is 6. The van der Waals surface area contributed by atoms with Crippen LogP contribution < -0.4 is 10.6 Å². The van der Waals surface area contributed by atoms with Crippen molar-refractivity contribution in [2.45, 2.75) is 50.6 Å². The summed E-state index contributed by atoms with van der Waals surface area (Å²) in [6.45, 7) is 0. The zero-order valence-electron chi connectivity index (χ0n) is 16.1. The third-order valence-electron chi connectivity index (χ3n) is 6.89. The average molecular weight is 411 g/mol. The summed E-state index contributed by atoms with van der Waals surface area (Å²) >= 11 is 0. The number of carboxylic acid groups (broad SMARTS) is 1. The van der Waals surface area contributed by atoms with Gasteiger partial charge in [-0.25, -0.2) is 0 Å². The van der Waals surface area contributed by atoms with Crippen molar-refractivity contribution in [1.82, 2.24) is 10.2 Å². The van der Waals surface area contributed by atoms with Gasteiger partial charge in [-0.1, -0.05) is 6.07 Å². The Kier molecular flexibility index (Phi) is 4.00.